The summed E-state index contributed by atoms with van der Waals surface area (Å²) in [7, 11) is 1.83. The fourth-order valence-electron chi connectivity index (χ4n) is 5.03. The molecule has 0 atom stereocenters. The number of rotatable bonds is 7. The number of anilines is 2. The largest absolute Gasteiger partial charge is 0.488 e. The highest BCUT2D eigenvalue weighted by atomic mass is 19.1. The van der Waals surface area contributed by atoms with E-state index in [9.17, 15) is 14.0 Å². The van der Waals surface area contributed by atoms with Gasteiger partial charge < -0.3 is 9.64 Å². The molecule has 0 bridgehead atoms. The Kier molecular flexibility index (Phi) is 6.68. The summed E-state index contributed by atoms with van der Waals surface area (Å²) in [6.45, 7) is 5.95. The van der Waals surface area contributed by atoms with E-state index >= 15 is 0 Å². The molecule has 9 nitrogen and oxygen atoms in total. The van der Waals surface area contributed by atoms with Gasteiger partial charge in [0.05, 0.1) is 40.2 Å². The van der Waals surface area contributed by atoms with Crippen LogP contribution in [0.2, 0.25) is 0 Å². The van der Waals surface area contributed by atoms with Crippen LogP contribution in [0, 0.1) is 5.82 Å². The average molecular weight is 565 g/mol. The minimum atomic E-state index is -0.544. The standard InChI is InChI=1S/C32H29FN6O3/c1-32(2,3)42-24-14-21(33)13-23(15-24)38(11-12-39-30(40)25-7-5-6-8-26(25)31(39)41)22-9-10-27-28(16-22)36-29(18-34-27)20-17-35-37(4)19-20/h5-10,13-19H,11-12H2,1-4H3. The minimum absolute atomic E-state index is 0.0811. The van der Waals surface area contributed by atoms with Crippen molar-refractivity contribution in [1.82, 2.24) is 24.6 Å². The highest BCUT2D eigenvalue weighted by molar-refractivity contribution is 6.21. The fourth-order valence-corrected chi connectivity index (χ4v) is 5.03. The zero-order chi connectivity index (χ0) is 29.6. The third-order valence-corrected chi connectivity index (χ3v) is 6.86. The van der Waals surface area contributed by atoms with Gasteiger partial charge in [0.25, 0.3) is 11.8 Å². The van der Waals surface area contributed by atoms with Crippen LogP contribution in [0.3, 0.4) is 0 Å². The summed E-state index contributed by atoms with van der Waals surface area (Å²) in [5, 5.41) is 4.22. The molecule has 0 saturated carbocycles. The highest BCUT2D eigenvalue weighted by Crippen LogP contribution is 2.33. The zero-order valence-electron chi connectivity index (χ0n) is 23.7. The van der Waals surface area contributed by atoms with Crippen molar-refractivity contribution in [3.63, 3.8) is 0 Å². The fraction of sp³-hybridized carbons (Fsp3) is 0.219. The van der Waals surface area contributed by atoms with Crippen LogP contribution in [0.1, 0.15) is 41.5 Å². The molecule has 0 spiro atoms. The van der Waals surface area contributed by atoms with Crippen molar-refractivity contribution in [3.8, 4) is 17.0 Å². The smallest absolute Gasteiger partial charge is 0.261 e. The zero-order valence-corrected chi connectivity index (χ0v) is 23.7. The van der Waals surface area contributed by atoms with E-state index in [1.54, 1.807) is 47.4 Å². The second-order valence-corrected chi connectivity index (χ2v) is 11.1. The molecule has 1 aliphatic rings. The van der Waals surface area contributed by atoms with Crippen LogP contribution in [0.15, 0.2) is 79.3 Å². The lowest BCUT2D eigenvalue weighted by Crippen LogP contribution is -2.37. The molecule has 0 aliphatic carbocycles. The van der Waals surface area contributed by atoms with Crippen molar-refractivity contribution in [2.75, 3.05) is 18.0 Å². The minimum Gasteiger partial charge on any atom is -0.488 e. The number of carbonyl (C=O) groups is 2. The first-order valence-corrected chi connectivity index (χ1v) is 13.5. The predicted octanol–water partition coefficient (Wildman–Crippen LogP) is 5.78. The maximum Gasteiger partial charge on any atom is 0.261 e. The van der Waals surface area contributed by atoms with Gasteiger partial charge in [-0.05, 0) is 57.2 Å². The maximum absolute atomic E-state index is 15.0. The van der Waals surface area contributed by atoms with Crippen LogP contribution >= 0.6 is 0 Å². The summed E-state index contributed by atoms with van der Waals surface area (Å²) < 4.78 is 22.6. The quantitative estimate of drug-likeness (QED) is 0.231. The number of hydrogen-bond donors (Lipinski definition) is 0. The molecule has 0 unspecified atom stereocenters. The van der Waals surface area contributed by atoms with Gasteiger partial charge in [0.2, 0.25) is 0 Å². The van der Waals surface area contributed by atoms with E-state index in [4.69, 9.17) is 9.72 Å². The molecule has 3 heterocycles. The van der Waals surface area contributed by atoms with Crippen LogP contribution in [-0.4, -0.2) is 55.2 Å². The van der Waals surface area contributed by atoms with Gasteiger partial charge >= 0.3 is 0 Å². The summed E-state index contributed by atoms with van der Waals surface area (Å²) in [6.07, 6.45) is 5.27. The number of imide groups is 1. The molecule has 1 aliphatic heterocycles. The Bertz CT molecular complexity index is 1810. The number of amides is 2. The van der Waals surface area contributed by atoms with Crippen LogP contribution in [0.5, 0.6) is 5.75 Å². The number of fused-ring (bicyclic) bond motifs is 2. The lowest BCUT2D eigenvalue weighted by atomic mass is 10.1. The van der Waals surface area contributed by atoms with E-state index in [0.717, 1.165) is 5.56 Å². The van der Waals surface area contributed by atoms with Gasteiger partial charge in [0, 0.05) is 55.4 Å². The van der Waals surface area contributed by atoms with Gasteiger partial charge in [-0.3, -0.25) is 24.2 Å². The number of halogens is 1. The SMILES string of the molecule is Cn1cc(-c2cnc3ccc(N(CCN4C(=O)c5ccccc5C4=O)c4cc(F)cc(OC(C)(C)C)c4)cc3n2)cn1. The third kappa shape index (κ3) is 5.30. The molecule has 212 valence electrons. The Labute approximate surface area is 242 Å². The van der Waals surface area contributed by atoms with Crippen molar-refractivity contribution in [2.45, 2.75) is 26.4 Å². The number of hydrogen-bond acceptors (Lipinski definition) is 7. The van der Waals surface area contributed by atoms with Crippen LogP contribution < -0.4 is 9.64 Å². The summed E-state index contributed by atoms with van der Waals surface area (Å²) in [5.74, 6) is -0.811. The van der Waals surface area contributed by atoms with E-state index in [2.05, 4.69) is 10.1 Å². The molecule has 42 heavy (non-hydrogen) atoms. The Morgan fingerprint density at radius 3 is 2.31 bits per heavy atom. The lowest BCUT2D eigenvalue weighted by Gasteiger charge is -2.28. The van der Waals surface area contributed by atoms with Gasteiger partial charge in [0.15, 0.2) is 0 Å². The van der Waals surface area contributed by atoms with E-state index in [1.807, 2.05) is 57.1 Å². The summed E-state index contributed by atoms with van der Waals surface area (Å²) in [4.78, 5) is 38.6. The first kappa shape index (κ1) is 27.1. The van der Waals surface area contributed by atoms with Crippen molar-refractivity contribution in [2.24, 2.45) is 7.05 Å². The van der Waals surface area contributed by atoms with Crippen molar-refractivity contribution < 1.29 is 18.7 Å². The molecule has 0 saturated heterocycles. The molecule has 0 N–H and O–H groups in total. The molecular formula is C32H29FN6O3. The Hall–Kier alpha value is -5.12. The van der Waals surface area contributed by atoms with Crippen molar-refractivity contribution >= 4 is 34.2 Å². The molecule has 5 aromatic rings. The molecule has 6 rings (SSSR count). The Morgan fingerprint density at radius 1 is 0.905 bits per heavy atom. The number of aryl methyl sites for hydroxylation is 1. The molecule has 10 heteroatoms. The number of nitrogens with zero attached hydrogens (tertiary/aromatic N) is 6. The molecule has 2 amide bonds. The lowest BCUT2D eigenvalue weighted by molar-refractivity contribution is 0.0658. The molecule has 0 radical (unpaired) electrons. The van der Waals surface area contributed by atoms with E-state index in [1.165, 1.54) is 17.0 Å². The second-order valence-electron chi connectivity index (χ2n) is 11.1. The molecule has 0 fully saturated rings. The monoisotopic (exact) mass is 564 g/mol. The molecular weight excluding hydrogens is 535 g/mol. The van der Waals surface area contributed by atoms with Gasteiger partial charge in [-0.25, -0.2) is 9.37 Å². The van der Waals surface area contributed by atoms with Gasteiger partial charge in [-0.15, -0.1) is 0 Å². The van der Waals surface area contributed by atoms with Crippen LogP contribution in [-0.2, 0) is 7.05 Å². The number of ether oxygens (including phenoxy) is 1. The van der Waals surface area contributed by atoms with E-state index in [0.29, 0.717) is 45.0 Å². The number of aromatic nitrogens is 4. The topological polar surface area (TPSA) is 93.5 Å². The van der Waals surface area contributed by atoms with E-state index in [-0.39, 0.29) is 24.9 Å². The normalized spacial score (nSPS) is 13.1. The second kappa shape index (κ2) is 10.4. The van der Waals surface area contributed by atoms with Gasteiger partial charge in [0.1, 0.15) is 17.2 Å². The van der Waals surface area contributed by atoms with Gasteiger partial charge in [-0.1, -0.05) is 12.1 Å². The number of benzene rings is 3. The highest BCUT2D eigenvalue weighted by Gasteiger charge is 2.35. The summed E-state index contributed by atoms with van der Waals surface area (Å²) in [5.41, 5.74) is 4.20. The first-order valence-electron chi connectivity index (χ1n) is 13.5. The Morgan fingerprint density at radius 2 is 1.64 bits per heavy atom. The first-order chi connectivity index (χ1) is 20.1. The third-order valence-electron chi connectivity index (χ3n) is 6.86. The average Bonchev–Trinajstić information content (AvgIpc) is 3.48. The van der Waals surface area contributed by atoms with Crippen molar-refractivity contribution in [1.29, 1.82) is 0 Å². The van der Waals surface area contributed by atoms with Crippen LogP contribution in [0.4, 0.5) is 15.8 Å². The number of carbonyl (C=O) groups excluding carboxylic acids is 2. The maximum atomic E-state index is 15.0. The van der Waals surface area contributed by atoms with E-state index < -0.39 is 11.4 Å². The molecule has 3 aromatic carbocycles. The summed E-state index contributed by atoms with van der Waals surface area (Å²) >= 11 is 0. The Balaban J connectivity index is 1.39. The predicted molar refractivity (Wildman–Crippen MR) is 157 cm³/mol. The van der Waals surface area contributed by atoms with Crippen LogP contribution in [0.25, 0.3) is 22.3 Å². The summed E-state index contributed by atoms with van der Waals surface area (Å²) in [6, 6.07) is 16.8. The molecule has 2 aromatic heterocycles. The van der Waals surface area contributed by atoms with Gasteiger partial charge in [-0.2, -0.15) is 5.10 Å². The van der Waals surface area contributed by atoms with Crippen molar-refractivity contribution in [3.05, 3.63) is 96.2 Å².